The first-order valence-electron chi connectivity index (χ1n) is 24.6. The average Bonchev–Trinajstić information content (AvgIpc) is 3.24. The second-order valence-corrected chi connectivity index (χ2v) is 16.0. The van der Waals surface area contributed by atoms with Gasteiger partial charge in [0.1, 0.15) is 13.2 Å². The monoisotopic (exact) mass is 835 g/mol. The van der Waals surface area contributed by atoms with Crippen LogP contribution in [0.4, 0.5) is 0 Å². The molecule has 6 heteroatoms. The lowest BCUT2D eigenvalue weighted by Gasteiger charge is -2.18. The van der Waals surface area contributed by atoms with E-state index in [2.05, 4.69) is 106 Å². The number of carbonyl (C=O) groups is 3. The van der Waals surface area contributed by atoms with Crippen molar-refractivity contribution in [2.24, 2.45) is 0 Å². The summed E-state index contributed by atoms with van der Waals surface area (Å²) >= 11 is 0. The van der Waals surface area contributed by atoms with Crippen LogP contribution in [0.1, 0.15) is 220 Å². The van der Waals surface area contributed by atoms with E-state index in [1.165, 1.54) is 64.2 Å². The molecule has 1 atom stereocenters. The fourth-order valence-electron chi connectivity index (χ4n) is 6.44. The minimum atomic E-state index is -0.791. The summed E-state index contributed by atoms with van der Waals surface area (Å²) in [6, 6.07) is 0. The summed E-state index contributed by atoms with van der Waals surface area (Å²) in [5.74, 6) is -0.943. The number of rotatable bonds is 43. The maximum Gasteiger partial charge on any atom is 0.306 e. The minimum absolute atomic E-state index is 0.0920. The zero-order valence-electron chi connectivity index (χ0n) is 38.9. The molecule has 0 amide bonds. The molecule has 0 bridgehead atoms. The van der Waals surface area contributed by atoms with Crippen LogP contribution < -0.4 is 0 Å². The summed E-state index contributed by atoms with van der Waals surface area (Å²) in [4.78, 5) is 37.7. The third kappa shape index (κ3) is 45.7. The number of hydrogen-bond donors (Lipinski definition) is 0. The van der Waals surface area contributed by atoms with Gasteiger partial charge in [-0.3, -0.25) is 14.4 Å². The Labute approximate surface area is 369 Å². The van der Waals surface area contributed by atoms with Gasteiger partial charge in [0, 0.05) is 19.3 Å². The Kier molecular flexibility index (Phi) is 45.5. The van der Waals surface area contributed by atoms with Crippen LogP contribution in [0.5, 0.6) is 0 Å². The van der Waals surface area contributed by atoms with E-state index in [4.69, 9.17) is 14.2 Å². The molecule has 0 saturated carbocycles. The van der Waals surface area contributed by atoms with Crippen molar-refractivity contribution < 1.29 is 28.6 Å². The summed E-state index contributed by atoms with van der Waals surface area (Å²) in [6.45, 7) is 6.39. The smallest absolute Gasteiger partial charge is 0.306 e. The van der Waals surface area contributed by atoms with E-state index in [0.717, 1.165) is 116 Å². The molecule has 0 rings (SSSR count). The normalized spacial score (nSPS) is 12.8. The summed E-state index contributed by atoms with van der Waals surface area (Å²) in [5.41, 5.74) is 0. The molecule has 6 nitrogen and oxygen atoms in total. The van der Waals surface area contributed by atoms with Gasteiger partial charge in [-0.1, -0.05) is 189 Å². The lowest BCUT2D eigenvalue weighted by Crippen LogP contribution is -2.30. The average molecular weight is 835 g/mol. The van der Waals surface area contributed by atoms with Crippen molar-refractivity contribution in [3.63, 3.8) is 0 Å². The van der Waals surface area contributed by atoms with Gasteiger partial charge in [0.15, 0.2) is 6.10 Å². The van der Waals surface area contributed by atoms with E-state index >= 15 is 0 Å². The maximum absolute atomic E-state index is 12.7. The molecular formula is C54H90O6. The molecule has 0 spiro atoms. The highest BCUT2D eigenvalue weighted by Crippen LogP contribution is 2.13. The van der Waals surface area contributed by atoms with E-state index in [9.17, 15) is 14.4 Å². The first kappa shape index (κ1) is 56.6. The predicted octanol–water partition coefficient (Wildman–Crippen LogP) is 16.0. The van der Waals surface area contributed by atoms with E-state index in [1.807, 2.05) is 0 Å². The molecule has 0 aliphatic heterocycles. The van der Waals surface area contributed by atoms with Gasteiger partial charge in [-0.05, 0) is 96.3 Å². The Hall–Kier alpha value is -3.41. The first-order valence-corrected chi connectivity index (χ1v) is 24.6. The van der Waals surface area contributed by atoms with Crippen molar-refractivity contribution in [1.29, 1.82) is 0 Å². The SMILES string of the molecule is CC/C=C\C/C=C\C/C=C\C/C=C\CCCCCCC(=O)OC(COC(=O)CCCCCCCC)COC(=O)CCCCCCCC/C=C\C/C=C\C/C=C\CCCCC. The Balaban J connectivity index is 4.32. The largest absolute Gasteiger partial charge is 0.462 e. The van der Waals surface area contributed by atoms with Crippen molar-refractivity contribution >= 4 is 17.9 Å². The molecule has 0 radical (unpaired) electrons. The summed E-state index contributed by atoms with van der Waals surface area (Å²) in [7, 11) is 0. The molecular weight excluding hydrogens is 745 g/mol. The lowest BCUT2D eigenvalue weighted by molar-refractivity contribution is -0.167. The molecule has 0 N–H and O–H groups in total. The summed E-state index contributed by atoms with van der Waals surface area (Å²) in [6.07, 6.45) is 61.5. The second kappa shape index (κ2) is 48.3. The molecule has 1 unspecified atom stereocenters. The third-order valence-electron chi connectivity index (χ3n) is 10.1. The summed E-state index contributed by atoms with van der Waals surface area (Å²) < 4.78 is 16.7. The van der Waals surface area contributed by atoms with Gasteiger partial charge >= 0.3 is 17.9 Å². The Bertz CT molecular complexity index is 1190. The van der Waals surface area contributed by atoms with E-state index in [1.54, 1.807) is 0 Å². The number of unbranched alkanes of at least 4 members (excludes halogenated alkanes) is 18. The number of hydrogen-bond acceptors (Lipinski definition) is 6. The highest BCUT2D eigenvalue weighted by molar-refractivity contribution is 5.71. The van der Waals surface area contributed by atoms with Crippen LogP contribution in [0.25, 0.3) is 0 Å². The maximum atomic E-state index is 12.7. The molecule has 0 aromatic rings. The van der Waals surface area contributed by atoms with Gasteiger partial charge < -0.3 is 14.2 Å². The number of carbonyl (C=O) groups excluding carboxylic acids is 3. The van der Waals surface area contributed by atoms with Crippen LogP contribution in [-0.2, 0) is 28.6 Å². The van der Waals surface area contributed by atoms with Crippen LogP contribution in [0.2, 0.25) is 0 Å². The van der Waals surface area contributed by atoms with Crippen molar-refractivity contribution in [3.8, 4) is 0 Å². The Morgan fingerprint density at radius 1 is 0.350 bits per heavy atom. The lowest BCUT2D eigenvalue weighted by atomic mass is 10.1. The fraction of sp³-hybridized carbons (Fsp3) is 0.685. The highest BCUT2D eigenvalue weighted by Gasteiger charge is 2.19. The van der Waals surface area contributed by atoms with Gasteiger partial charge in [-0.15, -0.1) is 0 Å². The topological polar surface area (TPSA) is 78.9 Å². The van der Waals surface area contributed by atoms with Gasteiger partial charge in [-0.25, -0.2) is 0 Å². The zero-order valence-corrected chi connectivity index (χ0v) is 38.9. The van der Waals surface area contributed by atoms with Crippen molar-refractivity contribution in [3.05, 3.63) is 85.1 Å². The molecule has 0 aromatic heterocycles. The van der Waals surface area contributed by atoms with Crippen LogP contribution >= 0.6 is 0 Å². The Morgan fingerprint density at radius 3 is 1.05 bits per heavy atom. The molecule has 0 aliphatic rings. The second-order valence-electron chi connectivity index (χ2n) is 16.0. The van der Waals surface area contributed by atoms with Crippen molar-refractivity contribution in [2.75, 3.05) is 13.2 Å². The molecule has 60 heavy (non-hydrogen) atoms. The van der Waals surface area contributed by atoms with Gasteiger partial charge in [0.25, 0.3) is 0 Å². The highest BCUT2D eigenvalue weighted by atomic mass is 16.6. The van der Waals surface area contributed by atoms with Crippen LogP contribution in [0.15, 0.2) is 85.1 Å². The van der Waals surface area contributed by atoms with E-state index < -0.39 is 6.10 Å². The molecule has 0 aliphatic carbocycles. The van der Waals surface area contributed by atoms with Gasteiger partial charge in [0.2, 0.25) is 0 Å². The number of esters is 3. The van der Waals surface area contributed by atoms with Crippen LogP contribution in [0.3, 0.4) is 0 Å². The number of allylic oxidation sites excluding steroid dienone is 14. The standard InChI is InChI=1S/C54H90O6/c1-4-7-10-13-16-18-20-22-24-26-27-29-30-32-34-36-38-41-44-47-53(56)59-50-51(49-58-52(55)46-43-40-15-12-9-6-3)60-54(57)48-45-42-39-37-35-33-31-28-25-23-21-19-17-14-11-8-5-2/h8,11,16-19,22-25,27,29,31,33,51H,4-7,9-10,12-15,20-21,26,28,30,32,34-50H2,1-3H3/b11-8-,18-16-,19-17-,24-22-,25-23-,29-27-,33-31-. The van der Waals surface area contributed by atoms with Crippen molar-refractivity contribution in [2.45, 2.75) is 226 Å². The molecule has 342 valence electrons. The van der Waals surface area contributed by atoms with Gasteiger partial charge in [-0.2, -0.15) is 0 Å². The fourth-order valence-corrected chi connectivity index (χ4v) is 6.44. The van der Waals surface area contributed by atoms with E-state index in [0.29, 0.717) is 19.3 Å². The predicted molar refractivity (Wildman–Crippen MR) is 256 cm³/mol. The zero-order chi connectivity index (χ0) is 43.7. The Morgan fingerprint density at radius 2 is 0.650 bits per heavy atom. The first-order chi connectivity index (χ1) is 29.5. The molecule has 0 saturated heterocycles. The van der Waals surface area contributed by atoms with Gasteiger partial charge in [0.05, 0.1) is 0 Å². The quantitative estimate of drug-likeness (QED) is 0.0263. The molecule has 0 aromatic carbocycles. The molecule has 0 heterocycles. The van der Waals surface area contributed by atoms with Crippen LogP contribution in [0, 0.1) is 0 Å². The number of ether oxygens (including phenoxy) is 3. The molecule has 0 fully saturated rings. The van der Waals surface area contributed by atoms with Crippen LogP contribution in [-0.4, -0.2) is 37.2 Å². The van der Waals surface area contributed by atoms with E-state index in [-0.39, 0.29) is 31.1 Å². The minimum Gasteiger partial charge on any atom is -0.462 e. The summed E-state index contributed by atoms with van der Waals surface area (Å²) in [5, 5.41) is 0. The third-order valence-corrected chi connectivity index (χ3v) is 10.1. The van der Waals surface area contributed by atoms with Crippen molar-refractivity contribution in [1.82, 2.24) is 0 Å².